The van der Waals surface area contributed by atoms with Crippen LogP contribution in [0, 0.1) is 0 Å². The van der Waals surface area contributed by atoms with E-state index in [0.29, 0.717) is 25.1 Å². The molecule has 0 bridgehead atoms. The molecule has 3 rings (SSSR count). The van der Waals surface area contributed by atoms with E-state index in [4.69, 9.17) is 9.78 Å². The molecule has 0 atom stereocenters. The van der Waals surface area contributed by atoms with Crippen LogP contribution < -0.4 is 10.4 Å². The Kier molecular flexibility index (Phi) is 7.85. The molecule has 0 fully saturated rings. The van der Waals surface area contributed by atoms with Crippen molar-refractivity contribution in [1.82, 2.24) is 4.57 Å². The molecule has 0 aliphatic carbocycles. The molecular formula is C24H24BrNO4. The third kappa shape index (κ3) is 6.07. The van der Waals surface area contributed by atoms with Gasteiger partial charge in [0.2, 0.25) is 0 Å². The molecule has 5 nitrogen and oxygen atoms in total. The molecule has 0 unspecified atom stereocenters. The molecule has 0 radical (unpaired) electrons. The molecule has 3 aromatic rings. The number of hydrogen-bond acceptors (Lipinski definition) is 4. The number of carbonyl (C=O) groups excluding carboxylic acids is 1. The molecule has 0 saturated carbocycles. The molecule has 0 saturated heterocycles. The Morgan fingerprint density at radius 3 is 2.70 bits per heavy atom. The van der Waals surface area contributed by atoms with Crippen molar-refractivity contribution in [3.05, 3.63) is 87.3 Å². The fraction of sp³-hybridized carbons (Fsp3) is 0.250. The van der Waals surface area contributed by atoms with E-state index in [0.717, 1.165) is 34.0 Å². The van der Waals surface area contributed by atoms with Gasteiger partial charge in [-0.2, -0.15) is 0 Å². The van der Waals surface area contributed by atoms with E-state index in [1.807, 2.05) is 61.7 Å². The second-order valence-corrected chi connectivity index (χ2v) is 7.82. The van der Waals surface area contributed by atoms with E-state index >= 15 is 0 Å². The van der Waals surface area contributed by atoms with Crippen LogP contribution >= 0.6 is 15.9 Å². The summed E-state index contributed by atoms with van der Waals surface area (Å²) in [5.41, 5.74) is 3.07. The van der Waals surface area contributed by atoms with Crippen LogP contribution in [0.2, 0.25) is 0 Å². The first-order chi connectivity index (χ1) is 14.6. The van der Waals surface area contributed by atoms with Crippen molar-refractivity contribution in [2.24, 2.45) is 0 Å². The molecule has 1 aromatic heterocycles. The van der Waals surface area contributed by atoms with Gasteiger partial charge in [0.25, 0.3) is 5.56 Å². The zero-order chi connectivity index (χ0) is 21.3. The zero-order valence-corrected chi connectivity index (χ0v) is 18.4. The third-order valence-electron chi connectivity index (χ3n) is 4.62. The highest BCUT2D eigenvalue weighted by Crippen LogP contribution is 2.27. The van der Waals surface area contributed by atoms with Crippen LogP contribution in [-0.2, 0) is 22.6 Å². The van der Waals surface area contributed by atoms with Crippen LogP contribution in [-0.4, -0.2) is 10.5 Å². The normalized spacial score (nSPS) is 10.6. The van der Waals surface area contributed by atoms with Gasteiger partial charge in [-0.25, -0.2) is 4.79 Å². The molecular weight excluding hydrogens is 446 g/mol. The maximum Gasteiger partial charge on any atom is 0.355 e. The SMILES string of the molecule is CCCC(=O)OOc1cccc(CCCn2cc(-c3ccccc3Br)ccc2=O)c1. The number of halogens is 1. The van der Waals surface area contributed by atoms with E-state index < -0.39 is 0 Å². The Hall–Kier alpha value is -2.86. The lowest BCUT2D eigenvalue weighted by Crippen LogP contribution is -2.18. The molecule has 6 heteroatoms. The summed E-state index contributed by atoms with van der Waals surface area (Å²) in [6, 6.07) is 18.8. The molecule has 0 N–H and O–H groups in total. The van der Waals surface area contributed by atoms with Gasteiger partial charge in [0, 0.05) is 29.7 Å². The minimum Gasteiger partial charge on any atom is -0.315 e. The minimum atomic E-state index is -0.382. The molecule has 0 spiro atoms. The fourth-order valence-corrected chi connectivity index (χ4v) is 3.62. The Labute approximate surface area is 184 Å². The lowest BCUT2D eigenvalue weighted by atomic mass is 10.1. The molecule has 1 heterocycles. The summed E-state index contributed by atoms with van der Waals surface area (Å²) in [6.45, 7) is 2.51. The number of carbonyl (C=O) groups is 1. The zero-order valence-electron chi connectivity index (χ0n) is 16.8. The van der Waals surface area contributed by atoms with Crippen molar-refractivity contribution in [3.8, 4) is 16.9 Å². The average molecular weight is 470 g/mol. The number of aromatic nitrogens is 1. The Morgan fingerprint density at radius 2 is 1.90 bits per heavy atom. The van der Waals surface area contributed by atoms with Crippen molar-refractivity contribution >= 4 is 21.9 Å². The smallest absolute Gasteiger partial charge is 0.315 e. The van der Waals surface area contributed by atoms with E-state index in [2.05, 4.69) is 15.9 Å². The number of benzene rings is 2. The van der Waals surface area contributed by atoms with Gasteiger partial charge in [-0.3, -0.25) is 14.6 Å². The van der Waals surface area contributed by atoms with E-state index in [1.54, 1.807) is 16.7 Å². The molecule has 0 aliphatic rings. The molecule has 156 valence electrons. The molecule has 0 aliphatic heterocycles. The first-order valence-corrected chi connectivity index (χ1v) is 10.8. The van der Waals surface area contributed by atoms with Crippen LogP contribution in [0.15, 0.2) is 76.1 Å². The quantitative estimate of drug-likeness (QED) is 0.304. The number of aryl methyl sites for hydroxylation is 2. The molecule has 30 heavy (non-hydrogen) atoms. The monoisotopic (exact) mass is 469 g/mol. The van der Waals surface area contributed by atoms with Gasteiger partial charge in [0.1, 0.15) is 0 Å². The summed E-state index contributed by atoms with van der Waals surface area (Å²) in [4.78, 5) is 33.6. The van der Waals surface area contributed by atoms with Crippen LogP contribution in [0.3, 0.4) is 0 Å². The maximum absolute atomic E-state index is 12.3. The number of pyridine rings is 1. The third-order valence-corrected chi connectivity index (χ3v) is 5.31. The summed E-state index contributed by atoms with van der Waals surface area (Å²) in [7, 11) is 0. The second kappa shape index (κ2) is 10.8. The Bertz CT molecular complexity index is 1060. The van der Waals surface area contributed by atoms with Crippen LogP contribution in [0.5, 0.6) is 5.75 Å². The minimum absolute atomic E-state index is 0.0225. The van der Waals surface area contributed by atoms with Crippen molar-refractivity contribution < 1.29 is 14.6 Å². The van der Waals surface area contributed by atoms with E-state index in [-0.39, 0.29) is 11.5 Å². The lowest BCUT2D eigenvalue weighted by Gasteiger charge is -2.10. The fourth-order valence-electron chi connectivity index (χ4n) is 3.11. The predicted molar refractivity (Wildman–Crippen MR) is 120 cm³/mol. The molecule has 2 aromatic carbocycles. The topological polar surface area (TPSA) is 57.5 Å². The van der Waals surface area contributed by atoms with Gasteiger partial charge in [-0.1, -0.05) is 53.2 Å². The van der Waals surface area contributed by atoms with Gasteiger partial charge < -0.3 is 4.57 Å². The van der Waals surface area contributed by atoms with Crippen molar-refractivity contribution in [2.75, 3.05) is 0 Å². The van der Waals surface area contributed by atoms with Gasteiger partial charge in [0.15, 0.2) is 5.75 Å². The maximum atomic E-state index is 12.3. The number of rotatable bonds is 9. The van der Waals surface area contributed by atoms with E-state index in [1.165, 1.54) is 0 Å². The summed E-state index contributed by atoms with van der Waals surface area (Å²) in [6.07, 6.45) is 4.50. The lowest BCUT2D eigenvalue weighted by molar-refractivity contribution is -0.213. The summed E-state index contributed by atoms with van der Waals surface area (Å²) >= 11 is 3.57. The summed E-state index contributed by atoms with van der Waals surface area (Å²) in [5, 5.41) is 0. The van der Waals surface area contributed by atoms with Crippen molar-refractivity contribution in [2.45, 2.75) is 39.2 Å². The largest absolute Gasteiger partial charge is 0.355 e. The van der Waals surface area contributed by atoms with Gasteiger partial charge in [-0.15, -0.1) is 0 Å². The average Bonchev–Trinajstić information content (AvgIpc) is 2.75. The standard InChI is InChI=1S/C24H24BrNO4/c1-2-7-24(28)30-29-20-10-5-8-18(16-20)9-6-15-26-17-19(13-14-23(26)27)21-11-3-4-12-22(21)25/h3-5,8,10-14,16-17H,2,6-7,9,15H2,1H3. The van der Waals surface area contributed by atoms with Crippen LogP contribution in [0.4, 0.5) is 0 Å². The summed E-state index contributed by atoms with van der Waals surface area (Å²) in [5.74, 6) is 0.109. The Morgan fingerprint density at radius 1 is 1.07 bits per heavy atom. The van der Waals surface area contributed by atoms with E-state index in [9.17, 15) is 9.59 Å². The van der Waals surface area contributed by atoms with Crippen LogP contribution in [0.1, 0.15) is 31.7 Å². The highest BCUT2D eigenvalue weighted by atomic mass is 79.9. The first kappa shape index (κ1) is 21.8. The van der Waals surface area contributed by atoms with Gasteiger partial charge in [0.05, 0.1) is 0 Å². The Balaban J connectivity index is 1.61. The van der Waals surface area contributed by atoms with Gasteiger partial charge >= 0.3 is 5.97 Å². The van der Waals surface area contributed by atoms with Crippen molar-refractivity contribution in [3.63, 3.8) is 0 Å². The highest BCUT2D eigenvalue weighted by molar-refractivity contribution is 9.10. The first-order valence-electron chi connectivity index (χ1n) is 9.98. The van der Waals surface area contributed by atoms with Crippen LogP contribution in [0.25, 0.3) is 11.1 Å². The molecule has 0 amide bonds. The summed E-state index contributed by atoms with van der Waals surface area (Å²) < 4.78 is 2.73. The second-order valence-electron chi connectivity index (χ2n) is 6.97. The highest BCUT2D eigenvalue weighted by Gasteiger charge is 2.07. The number of hydrogen-bond donors (Lipinski definition) is 0. The van der Waals surface area contributed by atoms with Crippen molar-refractivity contribution in [1.29, 1.82) is 0 Å². The predicted octanol–water partition coefficient (Wildman–Crippen LogP) is 5.55. The number of nitrogens with zero attached hydrogens (tertiary/aromatic N) is 1. The van der Waals surface area contributed by atoms with Gasteiger partial charge in [-0.05, 0) is 60.2 Å².